The summed E-state index contributed by atoms with van der Waals surface area (Å²) in [6.45, 7) is 1.01. The number of benzene rings is 1. The number of amides is 1. The van der Waals surface area contributed by atoms with Gasteiger partial charge in [0.05, 0.1) is 0 Å². The van der Waals surface area contributed by atoms with Crippen molar-refractivity contribution in [3.05, 3.63) is 35.9 Å². The molecule has 3 N–H and O–H groups in total. The van der Waals surface area contributed by atoms with Crippen LogP contribution >= 0.6 is 0 Å². The molecule has 1 aliphatic heterocycles. The number of carbonyl (C=O) groups is 2. The Morgan fingerprint density at radius 2 is 2.05 bits per heavy atom. The summed E-state index contributed by atoms with van der Waals surface area (Å²) in [7, 11) is 0. The molecule has 114 valence electrons. The maximum absolute atomic E-state index is 12.0. The molecule has 0 aliphatic carbocycles. The summed E-state index contributed by atoms with van der Waals surface area (Å²) in [6.07, 6.45) is 4.59. The molecule has 1 aliphatic rings. The van der Waals surface area contributed by atoms with Crippen molar-refractivity contribution in [3.63, 3.8) is 0 Å². The summed E-state index contributed by atoms with van der Waals surface area (Å²) < 4.78 is 0. The minimum atomic E-state index is -1.04. The summed E-state index contributed by atoms with van der Waals surface area (Å²) in [5, 5.41) is 15.3. The maximum Gasteiger partial charge on any atom is 0.330 e. The lowest BCUT2D eigenvalue weighted by Crippen LogP contribution is -2.37. The zero-order valence-corrected chi connectivity index (χ0v) is 12.0. The maximum atomic E-state index is 12.0. The van der Waals surface area contributed by atoms with Crippen molar-refractivity contribution >= 4 is 11.9 Å². The van der Waals surface area contributed by atoms with E-state index in [1.54, 1.807) is 24.3 Å². The van der Waals surface area contributed by atoms with Crippen LogP contribution in [0.4, 0.5) is 0 Å². The van der Waals surface area contributed by atoms with Crippen LogP contribution in [0.3, 0.4) is 0 Å². The van der Waals surface area contributed by atoms with Gasteiger partial charge < -0.3 is 15.7 Å². The number of hydrogen-bond acceptors (Lipinski definition) is 3. The first-order valence-electron chi connectivity index (χ1n) is 7.47. The fourth-order valence-corrected chi connectivity index (χ4v) is 2.64. The number of piperidine rings is 1. The van der Waals surface area contributed by atoms with Gasteiger partial charge >= 0.3 is 5.97 Å². The quantitative estimate of drug-likeness (QED) is 0.747. The van der Waals surface area contributed by atoms with E-state index in [1.807, 2.05) is 6.07 Å². The highest BCUT2D eigenvalue weighted by molar-refractivity contribution is 5.84. The van der Waals surface area contributed by atoms with Gasteiger partial charge in [-0.1, -0.05) is 36.8 Å². The van der Waals surface area contributed by atoms with Gasteiger partial charge in [0.25, 0.3) is 0 Å². The summed E-state index contributed by atoms with van der Waals surface area (Å²) in [6, 6.07) is 8.18. The van der Waals surface area contributed by atoms with Crippen LogP contribution in [0.15, 0.2) is 30.3 Å². The van der Waals surface area contributed by atoms with Gasteiger partial charge in [0.2, 0.25) is 5.91 Å². The molecule has 2 unspecified atom stereocenters. The van der Waals surface area contributed by atoms with Crippen molar-refractivity contribution in [2.75, 3.05) is 6.54 Å². The van der Waals surface area contributed by atoms with Crippen molar-refractivity contribution in [2.45, 2.75) is 44.2 Å². The second-order valence-corrected chi connectivity index (χ2v) is 5.43. The molecule has 0 radical (unpaired) electrons. The van der Waals surface area contributed by atoms with E-state index in [2.05, 4.69) is 10.6 Å². The third-order valence-corrected chi connectivity index (χ3v) is 3.82. The van der Waals surface area contributed by atoms with Crippen LogP contribution in [0.25, 0.3) is 0 Å². The first kappa shape index (κ1) is 15.5. The van der Waals surface area contributed by atoms with Gasteiger partial charge in [-0.2, -0.15) is 0 Å². The minimum Gasteiger partial charge on any atom is -0.479 e. The van der Waals surface area contributed by atoms with E-state index in [1.165, 1.54) is 12.8 Å². The molecular weight excluding hydrogens is 268 g/mol. The third kappa shape index (κ3) is 4.86. The Labute approximate surface area is 124 Å². The standard InChI is InChI=1S/C16H22N2O3/c19-14(10-9-13-8-4-5-11-17-13)18-15(16(20)21)12-6-2-1-3-7-12/h1-3,6-7,13,15,17H,4-5,8-11H2,(H,18,19)(H,20,21). The Morgan fingerprint density at radius 3 is 2.67 bits per heavy atom. The van der Waals surface area contributed by atoms with Crippen LogP contribution in [0.2, 0.25) is 0 Å². The van der Waals surface area contributed by atoms with E-state index in [-0.39, 0.29) is 5.91 Å². The summed E-state index contributed by atoms with van der Waals surface area (Å²) in [5.74, 6) is -1.25. The Hall–Kier alpha value is -1.88. The number of nitrogens with one attached hydrogen (secondary N) is 2. The first-order chi connectivity index (χ1) is 10.2. The largest absolute Gasteiger partial charge is 0.479 e. The monoisotopic (exact) mass is 290 g/mol. The fourth-order valence-electron chi connectivity index (χ4n) is 2.64. The SMILES string of the molecule is O=C(CCC1CCCCN1)NC(C(=O)O)c1ccccc1. The summed E-state index contributed by atoms with van der Waals surface area (Å²) >= 11 is 0. The molecule has 2 rings (SSSR count). The number of carbonyl (C=O) groups excluding carboxylic acids is 1. The van der Waals surface area contributed by atoms with E-state index in [4.69, 9.17) is 0 Å². The van der Waals surface area contributed by atoms with E-state index in [0.29, 0.717) is 18.0 Å². The Morgan fingerprint density at radius 1 is 1.29 bits per heavy atom. The van der Waals surface area contributed by atoms with Crippen molar-refractivity contribution in [1.29, 1.82) is 0 Å². The molecule has 1 aromatic carbocycles. The normalized spacial score (nSPS) is 19.7. The number of carboxylic acids is 1. The smallest absolute Gasteiger partial charge is 0.330 e. The zero-order valence-electron chi connectivity index (χ0n) is 12.0. The molecular formula is C16H22N2O3. The minimum absolute atomic E-state index is 0.210. The molecule has 2 atom stereocenters. The van der Waals surface area contributed by atoms with Gasteiger partial charge in [-0.15, -0.1) is 0 Å². The number of rotatable bonds is 6. The molecule has 1 saturated heterocycles. The molecule has 21 heavy (non-hydrogen) atoms. The topological polar surface area (TPSA) is 78.4 Å². The predicted octanol–water partition coefficient (Wildman–Crippen LogP) is 1.85. The zero-order chi connectivity index (χ0) is 15.1. The average molecular weight is 290 g/mol. The van der Waals surface area contributed by atoms with Crippen molar-refractivity contribution in [2.24, 2.45) is 0 Å². The number of hydrogen-bond donors (Lipinski definition) is 3. The lowest BCUT2D eigenvalue weighted by molar-refractivity contribution is -0.142. The van der Waals surface area contributed by atoms with Gasteiger partial charge in [-0.3, -0.25) is 4.79 Å². The molecule has 5 heteroatoms. The van der Waals surface area contributed by atoms with Gasteiger partial charge in [-0.25, -0.2) is 4.79 Å². The van der Waals surface area contributed by atoms with Gasteiger partial charge in [-0.05, 0) is 31.4 Å². The second-order valence-electron chi connectivity index (χ2n) is 5.43. The molecule has 5 nitrogen and oxygen atoms in total. The molecule has 1 amide bonds. The Bertz CT molecular complexity index is 470. The van der Waals surface area contributed by atoms with E-state index in [9.17, 15) is 14.7 Å². The Balaban J connectivity index is 1.85. The highest BCUT2D eigenvalue weighted by Crippen LogP contribution is 2.15. The van der Waals surface area contributed by atoms with Crippen molar-refractivity contribution < 1.29 is 14.7 Å². The lowest BCUT2D eigenvalue weighted by Gasteiger charge is -2.23. The Kier molecular flexibility index (Phi) is 5.75. The van der Waals surface area contributed by atoms with E-state index < -0.39 is 12.0 Å². The van der Waals surface area contributed by atoms with E-state index in [0.717, 1.165) is 19.4 Å². The highest BCUT2D eigenvalue weighted by atomic mass is 16.4. The summed E-state index contributed by atoms with van der Waals surface area (Å²) in [4.78, 5) is 23.3. The molecule has 0 saturated carbocycles. The van der Waals surface area contributed by atoms with Gasteiger partial charge in [0.15, 0.2) is 6.04 Å². The van der Waals surface area contributed by atoms with Crippen LogP contribution in [-0.2, 0) is 9.59 Å². The third-order valence-electron chi connectivity index (χ3n) is 3.82. The fraction of sp³-hybridized carbons (Fsp3) is 0.500. The summed E-state index contributed by atoms with van der Waals surface area (Å²) in [5.41, 5.74) is 0.592. The van der Waals surface area contributed by atoms with Crippen LogP contribution in [0.1, 0.15) is 43.7 Å². The predicted molar refractivity (Wildman–Crippen MR) is 79.8 cm³/mol. The second kappa shape index (κ2) is 7.78. The van der Waals surface area contributed by atoms with Gasteiger partial charge in [0, 0.05) is 12.5 Å². The molecule has 1 fully saturated rings. The van der Waals surface area contributed by atoms with Crippen molar-refractivity contribution in [1.82, 2.24) is 10.6 Å². The molecule has 0 aromatic heterocycles. The lowest BCUT2D eigenvalue weighted by atomic mass is 10.00. The van der Waals surface area contributed by atoms with E-state index >= 15 is 0 Å². The molecule has 1 aromatic rings. The van der Waals surface area contributed by atoms with Crippen molar-refractivity contribution in [3.8, 4) is 0 Å². The molecule has 0 bridgehead atoms. The molecule has 1 heterocycles. The van der Waals surface area contributed by atoms with Gasteiger partial charge in [0.1, 0.15) is 0 Å². The highest BCUT2D eigenvalue weighted by Gasteiger charge is 2.22. The first-order valence-corrected chi connectivity index (χ1v) is 7.47. The number of aliphatic carboxylic acids is 1. The van der Waals surface area contributed by atoms with Crippen LogP contribution in [0.5, 0.6) is 0 Å². The number of carboxylic acid groups (broad SMARTS) is 1. The average Bonchev–Trinajstić information content (AvgIpc) is 2.52. The van der Waals surface area contributed by atoms with Crippen LogP contribution in [-0.4, -0.2) is 29.6 Å². The van der Waals surface area contributed by atoms with Crippen LogP contribution < -0.4 is 10.6 Å². The van der Waals surface area contributed by atoms with Crippen LogP contribution in [0, 0.1) is 0 Å². The molecule has 0 spiro atoms.